The maximum absolute atomic E-state index is 13.3. The zero-order valence-corrected chi connectivity index (χ0v) is 14.4. The van der Waals surface area contributed by atoms with Crippen molar-refractivity contribution in [1.29, 1.82) is 0 Å². The number of benzene rings is 1. The highest BCUT2D eigenvalue weighted by Gasteiger charge is 2.31. The second kappa shape index (κ2) is 7.54. The van der Waals surface area contributed by atoms with E-state index in [1.165, 1.54) is 12.1 Å². The van der Waals surface area contributed by atoms with Crippen LogP contribution in [0.2, 0.25) is 0 Å². The van der Waals surface area contributed by atoms with E-state index < -0.39 is 21.4 Å². The van der Waals surface area contributed by atoms with E-state index in [0.717, 1.165) is 6.07 Å². The van der Waals surface area contributed by atoms with Crippen LogP contribution in [0, 0.1) is 18.7 Å². The lowest BCUT2D eigenvalue weighted by Gasteiger charge is -2.31. The van der Waals surface area contributed by atoms with Gasteiger partial charge in [-0.15, -0.1) is 12.4 Å². The summed E-state index contributed by atoms with van der Waals surface area (Å²) in [6.07, 6.45) is 0.608. The lowest BCUT2D eigenvalue weighted by molar-refractivity contribution is 0.344. The van der Waals surface area contributed by atoms with Crippen LogP contribution in [0.15, 0.2) is 23.1 Å². The van der Waals surface area contributed by atoms with Crippen LogP contribution in [0.25, 0.3) is 0 Å². The molecule has 0 aliphatic carbocycles. The lowest BCUT2D eigenvalue weighted by Crippen LogP contribution is -2.52. The summed E-state index contributed by atoms with van der Waals surface area (Å²) in [5.74, 6) is -0.283. The van der Waals surface area contributed by atoms with Crippen molar-refractivity contribution in [2.24, 2.45) is 11.7 Å². The molecule has 0 spiro atoms. The van der Waals surface area contributed by atoms with Crippen molar-refractivity contribution in [1.82, 2.24) is 4.72 Å². The van der Waals surface area contributed by atoms with Crippen LogP contribution in [0.5, 0.6) is 0 Å². The predicted octanol–water partition coefficient (Wildman–Crippen LogP) is 2.60. The molecule has 0 amide bonds. The molecule has 0 radical (unpaired) electrons. The van der Waals surface area contributed by atoms with Crippen molar-refractivity contribution < 1.29 is 12.8 Å². The minimum absolute atomic E-state index is 0. The standard InChI is InChI=1S/C14H23FN2O2S.ClH/c1-10(2)8-14(4,9-16)17-20(18,19)13-7-12(15)6-5-11(13)3;/h5-7,10,17H,8-9,16H2,1-4H3;1H. The quantitative estimate of drug-likeness (QED) is 0.837. The monoisotopic (exact) mass is 338 g/mol. The minimum Gasteiger partial charge on any atom is -0.329 e. The molecular formula is C14H24ClFN2O2S. The molecule has 1 unspecified atom stereocenters. The Labute approximate surface area is 132 Å². The second-order valence-corrected chi connectivity index (χ2v) is 7.53. The van der Waals surface area contributed by atoms with Gasteiger partial charge in [0.1, 0.15) is 5.82 Å². The third-order valence-corrected chi connectivity index (χ3v) is 4.91. The summed E-state index contributed by atoms with van der Waals surface area (Å²) in [7, 11) is -3.80. The normalized spacial score (nSPS) is 14.6. The van der Waals surface area contributed by atoms with Gasteiger partial charge in [-0.2, -0.15) is 0 Å². The van der Waals surface area contributed by atoms with Gasteiger partial charge in [0.15, 0.2) is 0 Å². The molecule has 3 N–H and O–H groups in total. The summed E-state index contributed by atoms with van der Waals surface area (Å²) >= 11 is 0. The van der Waals surface area contributed by atoms with E-state index in [1.807, 2.05) is 13.8 Å². The molecule has 0 aliphatic rings. The van der Waals surface area contributed by atoms with Gasteiger partial charge in [-0.05, 0) is 43.9 Å². The Morgan fingerprint density at radius 3 is 2.43 bits per heavy atom. The molecule has 0 aliphatic heterocycles. The molecule has 1 rings (SSSR count). The van der Waals surface area contributed by atoms with Crippen LogP contribution in [-0.4, -0.2) is 20.5 Å². The Balaban J connectivity index is 0.00000400. The van der Waals surface area contributed by atoms with E-state index in [-0.39, 0.29) is 23.8 Å². The molecule has 0 saturated carbocycles. The highest BCUT2D eigenvalue weighted by molar-refractivity contribution is 7.89. The van der Waals surface area contributed by atoms with Crippen molar-refractivity contribution in [2.75, 3.05) is 6.54 Å². The zero-order chi connectivity index (χ0) is 15.6. The Kier molecular flexibility index (Phi) is 7.29. The first-order valence-corrected chi connectivity index (χ1v) is 8.08. The Morgan fingerprint density at radius 1 is 1.38 bits per heavy atom. The topological polar surface area (TPSA) is 72.2 Å². The fourth-order valence-corrected chi connectivity index (χ4v) is 4.00. The van der Waals surface area contributed by atoms with E-state index in [9.17, 15) is 12.8 Å². The van der Waals surface area contributed by atoms with Crippen molar-refractivity contribution in [3.05, 3.63) is 29.6 Å². The Bertz CT molecular complexity index is 578. The molecule has 21 heavy (non-hydrogen) atoms. The fraction of sp³-hybridized carbons (Fsp3) is 0.571. The van der Waals surface area contributed by atoms with Crippen LogP contribution < -0.4 is 10.5 Å². The highest BCUT2D eigenvalue weighted by atomic mass is 35.5. The average Bonchev–Trinajstić information content (AvgIpc) is 2.30. The van der Waals surface area contributed by atoms with Crippen LogP contribution in [0.3, 0.4) is 0 Å². The van der Waals surface area contributed by atoms with Crippen LogP contribution in [0.1, 0.15) is 32.8 Å². The van der Waals surface area contributed by atoms with Gasteiger partial charge < -0.3 is 5.73 Å². The molecule has 0 saturated heterocycles. The number of aryl methyl sites for hydroxylation is 1. The molecular weight excluding hydrogens is 315 g/mol. The number of hydrogen-bond acceptors (Lipinski definition) is 3. The van der Waals surface area contributed by atoms with Gasteiger partial charge in [0, 0.05) is 12.1 Å². The third kappa shape index (κ3) is 5.54. The Morgan fingerprint density at radius 2 is 1.95 bits per heavy atom. The first kappa shape index (κ1) is 20.3. The van der Waals surface area contributed by atoms with Gasteiger partial charge in [0.05, 0.1) is 4.90 Å². The fourth-order valence-electron chi connectivity index (χ4n) is 2.31. The van der Waals surface area contributed by atoms with Gasteiger partial charge >= 0.3 is 0 Å². The molecule has 4 nitrogen and oxygen atoms in total. The lowest BCUT2D eigenvalue weighted by atomic mass is 9.92. The maximum Gasteiger partial charge on any atom is 0.241 e. The molecule has 0 aromatic heterocycles. The molecule has 1 aromatic rings. The molecule has 7 heteroatoms. The smallest absolute Gasteiger partial charge is 0.241 e. The largest absolute Gasteiger partial charge is 0.329 e. The second-order valence-electron chi connectivity index (χ2n) is 5.88. The van der Waals surface area contributed by atoms with Crippen molar-refractivity contribution in [2.45, 2.75) is 44.6 Å². The van der Waals surface area contributed by atoms with Crippen molar-refractivity contribution >= 4 is 22.4 Å². The molecule has 0 bridgehead atoms. The van der Waals surface area contributed by atoms with Crippen molar-refractivity contribution in [3.8, 4) is 0 Å². The number of rotatable bonds is 6. The van der Waals surface area contributed by atoms with Crippen molar-refractivity contribution in [3.63, 3.8) is 0 Å². The SMILES string of the molecule is Cc1ccc(F)cc1S(=O)(=O)NC(C)(CN)CC(C)C.Cl. The number of nitrogens with one attached hydrogen (secondary N) is 1. The maximum atomic E-state index is 13.3. The van der Waals surface area contributed by atoms with E-state index in [2.05, 4.69) is 4.72 Å². The van der Waals surface area contributed by atoms with Crippen LogP contribution in [0.4, 0.5) is 4.39 Å². The van der Waals surface area contributed by atoms with E-state index in [0.29, 0.717) is 17.9 Å². The number of hydrogen-bond donors (Lipinski definition) is 2. The molecule has 1 atom stereocenters. The van der Waals surface area contributed by atoms with Gasteiger partial charge in [-0.3, -0.25) is 0 Å². The Hall–Kier alpha value is -0.690. The summed E-state index contributed by atoms with van der Waals surface area (Å²) in [5, 5.41) is 0. The van der Waals surface area contributed by atoms with Gasteiger partial charge in [0.2, 0.25) is 10.0 Å². The first-order valence-electron chi connectivity index (χ1n) is 6.60. The summed E-state index contributed by atoms with van der Waals surface area (Å²) in [6, 6.07) is 3.72. The molecule has 0 heterocycles. The number of halogens is 2. The van der Waals surface area contributed by atoms with E-state index >= 15 is 0 Å². The summed E-state index contributed by atoms with van der Waals surface area (Å²) < 4.78 is 40.8. The number of nitrogens with two attached hydrogens (primary N) is 1. The number of sulfonamides is 1. The first-order chi connectivity index (χ1) is 9.09. The van der Waals surface area contributed by atoms with E-state index in [1.54, 1.807) is 13.8 Å². The molecule has 122 valence electrons. The van der Waals surface area contributed by atoms with Crippen LogP contribution in [-0.2, 0) is 10.0 Å². The van der Waals surface area contributed by atoms with Gasteiger partial charge in [-0.1, -0.05) is 19.9 Å². The van der Waals surface area contributed by atoms with Gasteiger partial charge in [0.25, 0.3) is 0 Å². The van der Waals surface area contributed by atoms with Gasteiger partial charge in [-0.25, -0.2) is 17.5 Å². The highest BCUT2D eigenvalue weighted by Crippen LogP contribution is 2.22. The predicted molar refractivity (Wildman–Crippen MR) is 85.6 cm³/mol. The van der Waals surface area contributed by atoms with Crippen LogP contribution >= 0.6 is 12.4 Å². The molecule has 1 aromatic carbocycles. The summed E-state index contributed by atoms with van der Waals surface area (Å²) in [5.41, 5.74) is 5.47. The zero-order valence-electron chi connectivity index (χ0n) is 12.8. The molecule has 0 fully saturated rings. The third-order valence-electron chi connectivity index (χ3n) is 3.13. The summed E-state index contributed by atoms with van der Waals surface area (Å²) in [4.78, 5) is -0.0408. The summed E-state index contributed by atoms with van der Waals surface area (Å²) in [6.45, 7) is 7.57. The van der Waals surface area contributed by atoms with E-state index in [4.69, 9.17) is 5.73 Å². The average molecular weight is 339 g/mol. The minimum atomic E-state index is -3.80.